The summed E-state index contributed by atoms with van der Waals surface area (Å²) in [5, 5.41) is 13.6. The molecule has 0 aliphatic rings. The molecule has 7 aromatic rings. The maximum Gasteiger partial charge on any atom is 0.161 e. The van der Waals surface area contributed by atoms with Crippen molar-refractivity contribution in [1.29, 1.82) is 0 Å². The zero-order valence-electron chi connectivity index (χ0n) is 17.8. The molecule has 0 spiro atoms. The molecule has 3 aromatic carbocycles. The number of nitrogens with one attached hydrogen (secondary N) is 3. The Morgan fingerprint density at radius 1 is 0.824 bits per heavy atom. The van der Waals surface area contributed by atoms with Crippen molar-refractivity contribution in [1.82, 2.24) is 30.1 Å². The van der Waals surface area contributed by atoms with E-state index in [1.54, 1.807) is 23.7 Å². The second-order valence-electron chi connectivity index (χ2n) is 8.03. The fraction of sp³-hybridized carbons (Fsp3) is 0. The molecule has 8 heteroatoms. The van der Waals surface area contributed by atoms with Gasteiger partial charge < -0.3 is 10.3 Å². The molecular formula is C26H17N7S. The Morgan fingerprint density at radius 2 is 1.79 bits per heavy atom. The fourth-order valence-corrected chi connectivity index (χ4v) is 5.04. The molecule has 0 atom stereocenters. The number of fused-ring (bicyclic) bond motifs is 3. The molecule has 7 nitrogen and oxygen atoms in total. The Bertz CT molecular complexity index is 1780. The van der Waals surface area contributed by atoms with Crippen molar-refractivity contribution in [3.05, 3.63) is 85.2 Å². The lowest BCUT2D eigenvalue weighted by molar-refractivity contribution is 1.12. The van der Waals surface area contributed by atoms with Crippen LogP contribution in [0.4, 0.5) is 11.5 Å². The van der Waals surface area contributed by atoms with Crippen LogP contribution >= 0.6 is 11.3 Å². The van der Waals surface area contributed by atoms with Gasteiger partial charge in [0.15, 0.2) is 5.82 Å². The number of anilines is 2. The Kier molecular flexibility index (Phi) is 4.18. The molecule has 4 heterocycles. The summed E-state index contributed by atoms with van der Waals surface area (Å²) in [5.74, 6) is 1.39. The molecule has 0 aliphatic carbocycles. The van der Waals surface area contributed by atoms with E-state index in [4.69, 9.17) is 9.97 Å². The molecule has 4 aromatic heterocycles. The third kappa shape index (κ3) is 3.28. The molecule has 34 heavy (non-hydrogen) atoms. The van der Waals surface area contributed by atoms with Crippen LogP contribution in [0.25, 0.3) is 54.1 Å². The summed E-state index contributed by atoms with van der Waals surface area (Å²) in [4.78, 5) is 17.5. The first-order chi connectivity index (χ1) is 16.8. The smallest absolute Gasteiger partial charge is 0.161 e. The Balaban J connectivity index is 1.21. The van der Waals surface area contributed by atoms with Crippen LogP contribution in [0.2, 0.25) is 0 Å². The largest absolute Gasteiger partial charge is 0.353 e. The third-order valence-electron chi connectivity index (χ3n) is 5.77. The molecule has 162 valence electrons. The number of nitrogens with zero attached hydrogens (tertiary/aromatic N) is 4. The summed E-state index contributed by atoms with van der Waals surface area (Å²) in [6.07, 6.45) is 3.58. The van der Waals surface area contributed by atoms with Crippen LogP contribution in [0.5, 0.6) is 0 Å². The van der Waals surface area contributed by atoms with E-state index in [2.05, 4.69) is 55.8 Å². The summed E-state index contributed by atoms with van der Waals surface area (Å²) in [7, 11) is 0. The van der Waals surface area contributed by atoms with Crippen molar-refractivity contribution in [2.75, 3.05) is 5.32 Å². The molecular weight excluding hydrogens is 442 g/mol. The van der Waals surface area contributed by atoms with E-state index in [-0.39, 0.29) is 0 Å². The first-order valence-electron chi connectivity index (χ1n) is 10.8. The summed E-state index contributed by atoms with van der Waals surface area (Å²) in [6.45, 7) is 0. The van der Waals surface area contributed by atoms with E-state index in [0.29, 0.717) is 5.82 Å². The topological polar surface area (TPSA) is 95.2 Å². The minimum absolute atomic E-state index is 0.660. The van der Waals surface area contributed by atoms with Crippen LogP contribution in [-0.4, -0.2) is 30.1 Å². The van der Waals surface area contributed by atoms with E-state index in [0.717, 1.165) is 55.1 Å². The van der Waals surface area contributed by atoms with Gasteiger partial charge in [-0.2, -0.15) is 5.10 Å². The highest BCUT2D eigenvalue weighted by Crippen LogP contribution is 2.32. The highest BCUT2D eigenvalue weighted by atomic mass is 32.1. The number of aromatic nitrogens is 6. The van der Waals surface area contributed by atoms with Crippen LogP contribution in [0.3, 0.4) is 0 Å². The van der Waals surface area contributed by atoms with Crippen molar-refractivity contribution in [2.24, 2.45) is 0 Å². The summed E-state index contributed by atoms with van der Waals surface area (Å²) >= 11 is 1.69. The van der Waals surface area contributed by atoms with Crippen LogP contribution in [0.15, 0.2) is 85.2 Å². The molecule has 3 N–H and O–H groups in total. The quantitative estimate of drug-likeness (QED) is 0.278. The SMILES string of the molecule is c1ccc2sc(-c3cc4ccc(-c5nccc(Nc6ccc7[nH]ncc7c6)n5)cc4[nH]3)nc2c1. The number of para-hydroxylation sites is 1. The summed E-state index contributed by atoms with van der Waals surface area (Å²) in [5.41, 5.74) is 5.95. The van der Waals surface area contributed by atoms with Crippen molar-refractivity contribution >= 4 is 54.9 Å². The number of hydrogen-bond acceptors (Lipinski definition) is 6. The predicted molar refractivity (Wildman–Crippen MR) is 137 cm³/mol. The normalized spacial score (nSPS) is 11.5. The van der Waals surface area contributed by atoms with Gasteiger partial charge in [0, 0.05) is 33.7 Å². The molecule has 0 amide bonds. The number of H-pyrrole nitrogens is 2. The van der Waals surface area contributed by atoms with Gasteiger partial charge in [-0.25, -0.2) is 15.0 Å². The lowest BCUT2D eigenvalue weighted by Gasteiger charge is -2.07. The minimum Gasteiger partial charge on any atom is -0.353 e. The lowest BCUT2D eigenvalue weighted by Crippen LogP contribution is -1.96. The highest BCUT2D eigenvalue weighted by molar-refractivity contribution is 7.21. The molecule has 0 aliphatic heterocycles. The molecule has 0 fully saturated rings. The summed E-state index contributed by atoms with van der Waals surface area (Å²) < 4.78 is 1.18. The standard InChI is InChI=1S/C26H17N7S/c1-2-4-23-20(3-1)31-26(34-23)22-12-15-5-6-16(13-21(15)30-22)25-27-10-9-24(32-25)29-18-7-8-19-17(11-18)14-28-33-19/h1-14,30H,(H,28,33)(H,27,29,32). The van der Waals surface area contributed by atoms with Gasteiger partial charge >= 0.3 is 0 Å². The van der Waals surface area contributed by atoms with Crippen LogP contribution < -0.4 is 5.32 Å². The molecule has 0 bridgehead atoms. The number of thiazole rings is 1. The molecule has 0 unspecified atom stereocenters. The Hall–Kier alpha value is -4.56. The van der Waals surface area contributed by atoms with Crippen molar-refractivity contribution in [3.63, 3.8) is 0 Å². The van der Waals surface area contributed by atoms with E-state index >= 15 is 0 Å². The molecule has 7 rings (SSSR count). The van der Waals surface area contributed by atoms with Crippen LogP contribution in [0.1, 0.15) is 0 Å². The second-order valence-corrected chi connectivity index (χ2v) is 9.06. The lowest BCUT2D eigenvalue weighted by atomic mass is 10.1. The van der Waals surface area contributed by atoms with E-state index in [9.17, 15) is 0 Å². The highest BCUT2D eigenvalue weighted by Gasteiger charge is 2.11. The molecule has 0 radical (unpaired) electrons. The minimum atomic E-state index is 0.660. The number of aromatic amines is 2. The molecule has 0 saturated carbocycles. The van der Waals surface area contributed by atoms with Crippen molar-refractivity contribution < 1.29 is 0 Å². The maximum absolute atomic E-state index is 4.77. The van der Waals surface area contributed by atoms with E-state index in [1.807, 2.05) is 42.5 Å². The summed E-state index contributed by atoms with van der Waals surface area (Å²) in [6, 6.07) is 24.5. The Labute approximate surface area is 197 Å². The number of rotatable bonds is 4. The van der Waals surface area contributed by atoms with Gasteiger partial charge in [0.05, 0.1) is 27.6 Å². The average molecular weight is 460 g/mol. The number of hydrogen-bond donors (Lipinski definition) is 3. The number of benzene rings is 3. The van der Waals surface area contributed by atoms with Gasteiger partial charge in [-0.3, -0.25) is 5.10 Å². The van der Waals surface area contributed by atoms with Crippen LogP contribution in [-0.2, 0) is 0 Å². The van der Waals surface area contributed by atoms with Gasteiger partial charge in [0.1, 0.15) is 10.8 Å². The Morgan fingerprint density at radius 3 is 2.76 bits per heavy atom. The van der Waals surface area contributed by atoms with Gasteiger partial charge in [-0.05, 0) is 48.5 Å². The maximum atomic E-state index is 4.77. The van der Waals surface area contributed by atoms with E-state index in [1.165, 1.54) is 4.70 Å². The van der Waals surface area contributed by atoms with Gasteiger partial charge in [0.25, 0.3) is 0 Å². The van der Waals surface area contributed by atoms with Crippen LogP contribution in [0, 0.1) is 0 Å². The van der Waals surface area contributed by atoms with E-state index < -0.39 is 0 Å². The first kappa shape index (κ1) is 19.0. The fourth-order valence-electron chi connectivity index (χ4n) is 4.10. The van der Waals surface area contributed by atoms with Gasteiger partial charge in [-0.15, -0.1) is 11.3 Å². The van der Waals surface area contributed by atoms with Crippen molar-refractivity contribution in [2.45, 2.75) is 0 Å². The molecule has 0 saturated heterocycles. The van der Waals surface area contributed by atoms with Gasteiger partial charge in [0.2, 0.25) is 0 Å². The second kappa shape index (κ2) is 7.50. The monoisotopic (exact) mass is 459 g/mol. The zero-order valence-corrected chi connectivity index (χ0v) is 18.6. The zero-order chi connectivity index (χ0) is 22.5. The van der Waals surface area contributed by atoms with Crippen molar-refractivity contribution in [3.8, 4) is 22.1 Å². The third-order valence-corrected chi connectivity index (χ3v) is 6.84. The average Bonchev–Trinajstić information content (AvgIpc) is 3.60. The predicted octanol–water partition coefficient (Wildman–Crippen LogP) is 6.52. The van der Waals surface area contributed by atoms with Gasteiger partial charge in [-0.1, -0.05) is 24.3 Å². The first-order valence-corrected chi connectivity index (χ1v) is 11.6.